The zero-order valence-electron chi connectivity index (χ0n) is 12.9. The van der Waals surface area contributed by atoms with E-state index in [1.54, 1.807) is 18.2 Å². The van der Waals surface area contributed by atoms with Gasteiger partial charge in [-0.05, 0) is 35.5 Å². The second-order valence-electron chi connectivity index (χ2n) is 5.01. The van der Waals surface area contributed by atoms with Crippen LogP contribution in [0, 0.1) is 0 Å². The Balaban J connectivity index is 1.53. The van der Waals surface area contributed by atoms with Crippen molar-refractivity contribution in [1.82, 2.24) is 20.2 Å². The van der Waals surface area contributed by atoms with E-state index in [-0.39, 0.29) is 19.1 Å². The highest BCUT2D eigenvalue weighted by Crippen LogP contribution is 2.24. The number of nitrogens with one attached hydrogen (secondary N) is 1. The van der Waals surface area contributed by atoms with E-state index in [1.165, 1.54) is 4.80 Å². The molecule has 0 saturated heterocycles. The highest BCUT2D eigenvalue weighted by molar-refractivity contribution is 6.42. The molecule has 0 fully saturated rings. The molecule has 0 spiro atoms. The first kappa shape index (κ1) is 17.2. The summed E-state index contributed by atoms with van der Waals surface area (Å²) in [5, 5.41) is 15.2. The van der Waals surface area contributed by atoms with Gasteiger partial charge < -0.3 is 10.1 Å². The number of para-hydroxylation sites is 1. The van der Waals surface area contributed by atoms with Crippen molar-refractivity contribution in [1.29, 1.82) is 0 Å². The number of hydrogen-bond acceptors (Lipinski definition) is 5. The highest BCUT2D eigenvalue weighted by Gasteiger charge is 2.09. The number of hydrogen-bond donors (Lipinski definition) is 1. The number of aromatic nitrogens is 4. The van der Waals surface area contributed by atoms with Gasteiger partial charge in [0.15, 0.2) is 6.61 Å². The van der Waals surface area contributed by atoms with Crippen molar-refractivity contribution in [3.05, 3.63) is 64.4 Å². The maximum Gasteiger partial charge on any atom is 0.248 e. The lowest BCUT2D eigenvalue weighted by Crippen LogP contribution is -2.20. The van der Waals surface area contributed by atoms with Gasteiger partial charge in [-0.1, -0.05) is 41.4 Å². The number of ether oxygens (including phenoxy) is 1. The minimum Gasteiger partial charge on any atom is -0.485 e. The van der Waals surface area contributed by atoms with E-state index in [4.69, 9.17) is 27.9 Å². The molecule has 1 heterocycles. The SMILES string of the molecule is O=C(Cn1nnc(COc2ccccc2)n1)Nc1ccc(Cl)c(Cl)c1. The van der Waals surface area contributed by atoms with Crippen molar-refractivity contribution in [3.63, 3.8) is 0 Å². The maximum absolute atomic E-state index is 12.0. The van der Waals surface area contributed by atoms with Crippen LogP contribution >= 0.6 is 23.2 Å². The summed E-state index contributed by atoms with van der Waals surface area (Å²) in [4.78, 5) is 13.2. The molecule has 1 amide bonds. The van der Waals surface area contributed by atoms with Crippen LogP contribution in [0.25, 0.3) is 0 Å². The van der Waals surface area contributed by atoms with E-state index in [9.17, 15) is 4.79 Å². The Labute approximate surface area is 153 Å². The Bertz CT molecular complexity index is 870. The summed E-state index contributed by atoms with van der Waals surface area (Å²) in [6, 6.07) is 14.1. The van der Waals surface area contributed by atoms with Gasteiger partial charge in [0.2, 0.25) is 11.7 Å². The van der Waals surface area contributed by atoms with Gasteiger partial charge in [0.05, 0.1) is 10.0 Å². The van der Waals surface area contributed by atoms with Crippen molar-refractivity contribution in [3.8, 4) is 5.75 Å². The van der Waals surface area contributed by atoms with Crippen LogP contribution in [0.4, 0.5) is 5.69 Å². The van der Waals surface area contributed by atoms with Crippen LogP contribution in [-0.4, -0.2) is 26.1 Å². The van der Waals surface area contributed by atoms with Gasteiger partial charge >= 0.3 is 0 Å². The number of tetrazole rings is 1. The van der Waals surface area contributed by atoms with Crippen LogP contribution in [0.5, 0.6) is 5.75 Å². The number of amides is 1. The summed E-state index contributed by atoms with van der Waals surface area (Å²) in [7, 11) is 0. The van der Waals surface area contributed by atoms with Crippen LogP contribution in [0.3, 0.4) is 0 Å². The number of nitrogens with zero attached hydrogens (tertiary/aromatic N) is 4. The summed E-state index contributed by atoms with van der Waals surface area (Å²) < 4.78 is 5.52. The van der Waals surface area contributed by atoms with Crippen molar-refractivity contribution < 1.29 is 9.53 Å². The summed E-state index contributed by atoms with van der Waals surface area (Å²) >= 11 is 11.7. The number of anilines is 1. The predicted molar refractivity (Wildman–Crippen MR) is 93.7 cm³/mol. The van der Waals surface area contributed by atoms with E-state index in [1.807, 2.05) is 30.3 Å². The van der Waals surface area contributed by atoms with E-state index in [0.717, 1.165) is 0 Å². The fourth-order valence-electron chi connectivity index (χ4n) is 1.97. The average Bonchev–Trinajstić information content (AvgIpc) is 3.04. The molecule has 25 heavy (non-hydrogen) atoms. The molecular formula is C16H13Cl2N5O2. The number of halogens is 2. The number of carbonyl (C=O) groups is 1. The van der Waals surface area contributed by atoms with Crippen molar-refractivity contribution in [2.24, 2.45) is 0 Å². The number of benzene rings is 2. The normalized spacial score (nSPS) is 10.5. The first-order valence-electron chi connectivity index (χ1n) is 7.29. The molecule has 0 aliphatic heterocycles. The fraction of sp³-hybridized carbons (Fsp3) is 0.125. The third-order valence-electron chi connectivity index (χ3n) is 3.09. The second-order valence-corrected chi connectivity index (χ2v) is 5.83. The molecule has 1 N–H and O–H groups in total. The Morgan fingerprint density at radius 1 is 1.12 bits per heavy atom. The first-order chi connectivity index (χ1) is 12.1. The summed E-state index contributed by atoms with van der Waals surface area (Å²) in [6.45, 7) is 0.0804. The lowest BCUT2D eigenvalue weighted by molar-refractivity contribution is -0.117. The molecular weight excluding hydrogens is 365 g/mol. The topological polar surface area (TPSA) is 81.9 Å². The average molecular weight is 378 g/mol. The van der Waals surface area contributed by atoms with Gasteiger partial charge in [-0.25, -0.2) is 0 Å². The lowest BCUT2D eigenvalue weighted by Gasteiger charge is -2.05. The van der Waals surface area contributed by atoms with Gasteiger partial charge in [-0.15, -0.1) is 10.2 Å². The molecule has 3 aromatic rings. The predicted octanol–water partition coefficient (Wildman–Crippen LogP) is 3.20. The molecule has 0 radical (unpaired) electrons. The van der Waals surface area contributed by atoms with Gasteiger partial charge in [0, 0.05) is 5.69 Å². The van der Waals surface area contributed by atoms with Gasteiger partial charge in [-0.3, -0.25) is 4.79 Å². The summed E-state index contributed by atoms with van der Waals surface area (Å²) in [6.07, 6.45) is 0. The van der Waals surface area contributed by atoms with E-state index >= 15 is 0 Å². The van der Waals surface area contributed by atoms with Crippen LogP contribution in [0.1, 0.15) is 5.82 Å². The standard InChI is InChI=1S/C16H13Cl2N5O2/c17-13-7-6-11(8-14(13)18)19-16(24)9-23-21-15(20-22-23)10-25-12-4-2-1-3-5-12/h1-8H,9-10H2,(H,19,24). The third kappa shape index (κ3) is 4.91. The minimum atomic E-state index is -0.314. The van der Waals surface area contributed by atoms with Crippen LogP contribution in [-0.2, 0) is 17.9 Å². The minimum absolute atomic E-state index is 0.0847. The summed E-state index contributed by atoms with van der Waals surface area (Å²) in [5.74, 6) is 0.772. The molecule has 128 valence electrons. The molecule has 0 atom stereocenters. The molecule has 1 aromatic heterocycles. The highest BCUT2D eigenvalue weighted by atomic mass is 35.5. The molecule has 0 unspecified atom stereocenters. The van der Waals surface area contributed by atoms with Gasteiger partial charge in [0.25, 0.3) is 0 Å². The summed E-state index contributed by atoms with van der Waals surface area (Å²) in [5.41, 5.74) is 0.534. The molecule has 0 aliphatic rings. The van der Waals surface area contributed by atoms with Crippen LogP contribution < -0.4 is 10.1 Å². The van der Waals surface area contributed by atoms with Crippen molar-refractivity contribution >= 4 is 34.8 Å². The van der Waals surface area contributed by atoms with E-state index in [0.29, 0.717) is 27.3 Å². The smallest absolute Gasteiger partial charge is 0.248 e. The second kappa shape index (κ2) is 7.96. The van der Waals surface area contributed by atoms with Gasteiger partial charge in [-0.2, -0.15) is 4.80 Å². The molecule has 0 bridgehead atoms. The van der Waals surface area contributed by atoms with E-state index in [2.05, 4.69) is 20.7 Å². The largest absolute Gasteiger partial charge is 0.485 e. The first-order valence-corrected chi connectivity index (χ1v) is 8.05. The molecule has 3 rings (SSSR count). The zero-order chi connectivity index (χ0) is 17.6. The lowest BCUT2D eigenvalue weighted by atomic mass is 10.3. The molecule has 0 saturated carbocycles. The Morgan fingerprint density at radius 2 is 1.92 bits per heavy atom. The van der Waals surface area contributed by atoms with Crippen molar-refractivity contribution in [2.75, 3.05) is 5.32 Å². The Kier molecular flexibility index (Phi) is 5.47. The fourth-order valence-corrected chi connectivity index (χ4v) is 2.27. The molecule has 9 heteroatoms. The molecule has 2 aromatic carbocycles. The monoisotopic (exact) mass is 377 g/mol. The molecule has 0 aliphatic carbocycles. The maximum atomic E-state index is 12.0. The van der Waals surface area contributed by atoms with Crippen molar-refractivity contribution in [2.45, 2.75) is 13.2 Å². The number of rotatable bonds is 6. The van der Waals surface area contributed by atoms with Gasteiger partial charge in [0.1, 0.15) is 12.3 Å². The van der Waals surface area contributed by atoms with Crippen LogP contribution in [0.2, 0.25) is 10.0 Å². The Morgan fingerprint density at radius 3 is 2.68 bits per heavy atom. The number of carbonyl (C=O) groups excluding carboxylic acids is 1. The quantitative estimate of drug-likeness (QED) is 0.713. The van der Waals surface area contributed by atoms with E-state index < -0.39 is 0 Å². The zero-order valence-corrected chi connectivity index (χ0v) is 14.4. The van der Waals surface area contributed by atoms with Crippen LogP contribution in [0.15, 0.2) is 48.5 Å². The third-order valence-corrected chi connectivity index (χ3v) is 3.83. The Hall–Kier alpha value is -2.64. The molecule has 7 nitrogen and oxygen atoms in total.